The van der Waals surface area contributed by atoms with Gasteiger partial charge in [-0.25, -0.2) is 4.79 Å². The number of esters is 1. The normalized spacial score (nSPS) is 15.7. The first-order chi connectivity index (χ1) is 11.0. The van der Waals surface area contributed by atoms with Crippen LogP contribution in [0, 0.1) is 0 Å². The molecule has 0 heterocycles. The lowest BCUT2D eigenvalue weighted by Gasteiger charge is -2.17. The van der Waals surface area contributed by atoms with E-state index < -0.39 is 12.0 Å². The molecule has 124 valence electrons. The van der Waals surface area contributed by atoms with Crippen molar-refractivity contribution in [1.82, 2.24) is 10.6 Å². The molecule has 1 aromatic carbocycles. The van der Waals surface area contributed by atoms with Gasteiger partial charge in [-0.15, -0.1) is 0 Å². The Balaban J connectivity index is 1.89. The van der Waals surface area contributed by atoms with Crippen LogP contribution in [0.15, 0.2) is 24.3 Å². The van der Waals surface area contributed by atoms with Crippen LogP contribution in [0.5, 0.6) is 0 Å². The van der Waals surface area contributed by atoms with Gasteiger partial charge in [0.2, 0.25) is 5.91 Å². The maximum atomic E-state index is 12.1. The Morgan fingerprint density at radius 1 is 1.09 bits per heavy atom. The van der Waals surface area contributed by atoms with Gasteiger partial charge in [-0.2, -0.15) is 0 Å². The van der Waals surface area contributed by atoms with Gasteiger partial charge in [0.1, 0.15) is 6.04 Å². The van der Waals surface area contributed by atoms with E-state index in [1.54, 1.807) is 6.92 Å². The van der Waals surface area contributed by atoms with Gasteiger partial charge in [0.05, 0.1) is 12.7 Å². The summed E-state index contributed by atoms with van der Waals surface area (Å²) in [6.45, 7) is 1.66. The van der Waals surface area contributed by atoms with E-state index in [1.165, 1.54) is 31.4 Å². The molecule has 6 heteroatoms. The molecule has 0 saturated heterocycles. The van der Waals surface area contributed by atoms with Crippen molar-refractivity contribution in [2.45, 2.75) is 44.7 Å². The van der Waals surface area contributed by atoms with Gasteiger partial charge in [-0.05, 0) is 44.0 Å². The van der Waals surface area contributed by atoms with E-state index in [0.717, 1.165) is 25.7 Å². The van der Waals surface area contributed by atoms with Crippen LogP contribution in [0.2, 0.25) is 0 Å². The molecule has 6 nitrogen and oxygen atoms in total. The molecule has 0 spiro atoms. The predicted molar refractivity (Wildman–Crippen MR) is 85.1 cm³/mol. The van der Waals surface area contributed by atoms with Crippen molar-refractivity contribution in [3.63, 3.8) is 0 Å². The highest BCUT2D eigenvalue weighted by Crippen LogP contribution is 2.17. The van der Waals surface area contributed by atoms with E-state index in [9.17, 15) is 14.4 Å². The van der Waals surface area contributed by atoms with Crippen molar-refractivity contribution in [3.05, 3.63) is 35.4 Å². The zero-order chi connectivity index (χ0) is 16.8. The minimum absolute atomic E-state index is 0.170. The van der Waals surface area contributed by atoms with Gasteiger partial charge in [0.25, 0.3) is 5.91 Å². The minimum Gasteiger partial charge on any atom is -0.465 e. The summed E-state index contributed by atoms with van der Waals surface area (Å²) >= 11 is 0. The van der Waals surface area contributed by atoms with E-state index in [-0.39, 0.29) is 17.9 Å². The SMILES string of the molecule is COC(=O)c1ccc(C(=O)N[C@@H](C)C(=O)NC2CCCC2)cc1. The van der Waals surface area contributed by atoms with Crippen molar-refractivity contribution in [1.29, 1.82) is 0 Å². The Bertz CT molecular complexity index is 577. The van der Waals surface area contributed by atoms with E-state index in [1.807, 2.05) is 0 Å². The summed E-state index contributed by atoms with van der Waals surface area (Å²) in [5, 5.41) is 5.62. The summed E-state index contributed by atoms with van der Waals surface area (Å²) in [6, 6.07) is 5.71. The van der Waals surface area contributed by atoms with Crippen LogP contribution < -0.4 is 10.6 Å². The van der Waals surface area contributed by atoms with Crippen molar-refractivity contribution >= 4 is 17.8 Å². The summed E-state index contributed by atoms with van der Waals surface area (Å²) in [7, 11) is 1.30. The van der Waals surface area contributed by atoms with Crippen LogP contribution in [0.1, 0.15) is 53.3 Å². The largest absolute Gasteiger partial charge is 0.465 e. The second-order valence-corrected chi connectivity index (χ2v) is 5.75. The highest BCUT2D eigenvalue weighted by Gasteiger charge is 2.22. The molecular weight excluding hydrogens is 296 g/mol. The molecule has 1 aliphatic rings. The number of benzene rings is 1. The maximum absolute atomic E-state index is 12.1. The third kappa shape index (κ3) is 4.55. The molecule has 1 atom stereocenters. The van der Waals surface area contributed by atoms with Gasteiger partial charge < -0.3 is 15.4 Å². The fourth-order valence-electron chi connectivity index (χ4n) is 2.62. The average Bonchev–Trinajstić information content (AvgIpc) is 3.07. The maximum Gasteiger partial charge on any atom is 0.337 e. The fourth-order valence-corrected chi connectivity index (χ4v) is 2.62. The quantitative estimate of drug-likeness (QED) is 0.809. The standard InChI is InChI=1S/C17H22N2O4/c1-11(15(20)19-14-5-3-4-6-14)18-16(21)12-7-9-13(10-8-12)17(22)23-2/h7-11,14H,3-6H2,1-2H3,(H,18,21)(H,19,20)/t11-/m0/s1. The number of hydrogen-bond acceptors (Lipinski definition) is 4. The summed E-state index contributed by atoms with van der Waals surface area (Å²) in [5.74, 6) is -0.979. The van der Waals surface area contributed by atoms with E-state index >= 15 is 0 Å². The number of carbonyl (C=O) groups is 3. The Morgan fingerprint density at radius 2 is 1.65 bits per heavy atom. The molecule has 1 saturated carbocycles. The topological polar surface area (TPSA) is 84.5 Å². The van der Waals surface area contributed by atoms with Gasteiger partial charge in [0.15, 0.2) is 0 Å². The van der Waals surface area contributed by atoms with Gasteiger partial charge >= 0.3 is 5.97 Å². The predicted octanol–water partition coefficient (Wildman–Crippen LogP) is 1.65. The van der Waals surface area contributed by atoms with Crippen LogP contribution in [0.3, 0.4) is 0 Å². The van der Waals surface area contributed by atoms with E-state index in [2.05, 4.69) is 15.4 Å². The second kappa shape index (κ2) is 7.76. The molecule has 0 bridgehead atoms. The number of carbonyl (C=O) groups excluding carboxylic acids is 3. The van der Waals surface area contributed by atoms with Crippen LogP contribution in [-0.2, 0) is 9.53 Å². The van der Waals surface area contributed by atoms with E-state index in [4.69, 9.17) is 0 Å². The molecular formula is C17H22N2O4. The monoisotopic (exact) mass is 318 g/mol. The van der Waals surface area contributed by atoms with Gasteiger partial charge in [0, 0.05) is 11.6 Å². The third-order valence-electron chi connectivity index (χ3n) is 4.01. The first-order valence-corrected chi connectivity index (χ1v) is 7.81. The molecule has 1 aliphatic carbocycles. The second-order valence-electron chi connectivity index (χ2n) is 5.75. The number of hydrogen-bond donors (Lipinski definition) is 2. The fraction of sp³-hybridized carbons (Fsp3) is 0.471. The molecule has 2 rings (SSSR count). The van der Waals surface area contributed by atoms with Crippen molar-refractivity contribution in [2.75, 3.05) is 7.11 Å². The van der Waals surface area contributed by atoms with Crippen LogP contribution in [-0.4, -0.2) is 37.0 Å². The Labute approximate surface area is 135 Å². The number of ether oxygens (including phenoxy) is 1. The van der Waals surface area contributed by atoms with Crippen LogP contribution in [0.4, 0.5) is 0 Å². The number of amides is 2. The first kappa shape index (κ1) is 17.0. The highest BCUT2D eigenvalue weighted by molar-refractivity contribution is 5.98. The van der Waals surface area contributed by atoms with Crippen LogP contribution in [0.25, 0.3) is 0 Å². The minimum atomic E-state index is -0.608. The molecule has 1 fully saturated rings. The average molecular weight is 318 g/mol. The van der Waals surface area contributed by atoms with Crippen molar-refractivity contribution < 1.29 is 19.1 Å². The summed E-state index contributed by atoms with van der Waals surface area (Å²) < 4.78 is 4.60. The Kier molecular flexibility index (Phi) is 5.73. The smallest absolute Gasteiger partial charge is 0.337 e. The molecule has 1 aromatic rings. The zero-order valence-electron chi connectivity index (χ0n) is 13.4. The van der Waals surface area contributed by atoms with Gasteiger partial charge in [-0.1, -0.05) is 12.8 Å². The Morgan fingerprint density at radius 3 is 2.22 bits per heavy atom. The van der Waals surface area contributed by atoms with Crippen molar-refractivity contribution in [2.24, 2.45) is 0 Å². The highest BCUT2D eigenvalue weighted by atomic mass is 16.5. The number of methoxy groups -OCH3 is 1. The lowest BCUT2D eigenvalue weighted by atomic mass is 10.1. The molecule has 2 amide bonds. The van der Waals surface area contributed by atoms with Crippen molar-refractivity contribution in [3.8, 4) is 0 Å². The molecule has 0 aromatic heterocycles. The van der Waals surface area contributed by atoms with E-state index in [0.29, 0.717) is 11.1 Å². The molecule has 0 aliphatic heterocycles. The molecule has 23 heavy (non-hydrogen) atoms. The van der Waals surface area contributed by atoms with Gasteiger partial charge in [-0.3, -0.25) is 9.59 Å². The molecule has 0 radical (unpaired) electrons. The summed E-state index contributed by atoms with van der Waals surface area (Å²) in [5.41, 5.74) is 0.759. The lowest BCUT2D eigenvalue weighted by molar-refractivity contribution is -0.123. The summed E-state index contributed by atoms with van der Waals surface area (Å²) in [4.78, 5) is 35.6. The lowest BCUT2D eigenvalue weighted by Crippen LogP contribution is -2.47. The zero-order valence-corrected chi connectivity index (χ0v) is 13.4. The number of rotatable bonds is 5. The Hall–Kier alpha value is -2.37. The van der Waals surface area contributed by atoms with Crippen LogP contribution >= 0.6 is 0 Å². The summed E-state index contributed by atoms with van der Waals surface area (Å²) in [6.07, 6.45) is 4.28. The first-order valence-electron chi connectivity index (χ1n) is 7.81. The third-order valence-corrected chi connectivity index (χ3v) is 4.01. The molecule has 0 unspecified atom stereocenters. The molecule has 2 N–H and O–H groups in total. The number of nitrogens with one attached hydrogen (secondary N) is 2.